The Kier molecular flexibility index (Phi) is 4.27. The number of nitrogens with one attached hydrogen (secondary N) is 1. The van der Waals surface area contributed by atoms with Gasteiger partial charge in [0.15, 0.2) is 0 Å². The molecule has 0 radical (unpaired) electrons. The van der Waals surface area contributed by atoms with Crippen molar-refractivity contribution in [2.75, 3.05) is 39.4 Å². The number of urea groups is 1. The predicted octanol–water partition coefficient (Wildman–Crippen LogP) is -0.823. The average molecular weight is 255 g/mol. The molecule has 18 heavy (non-hydrogen) atoms. The lowest BCUT2D eigenvalue weighted by molar-refractivity contribution is -0.136. The van der Waals surface area contributed by atoms with Crippen molar-refractivity contribution >= 4 is 17.8 Å². The van der Waals surface area contributed by atoms with Crippen molar-refractivity contribution in [2.45, 2.75) is 12.8 Å². The maximum absolute atomic E-state index is 11.5. The first kappa shape index (κ1) is 13.0. The fourth-order valence-corrected chi connectivity index (χ4v) is 2.08. The molecule has 100 valence electrons. The Bertz CT molecular complexity index is 332. The lowest BCUT2D eigenvalue weighted by Crippen LogP contribution is -2.53. The summed E-state index contributed by atoms with van der Waals surface area (Å²) in [6, 6.07) is -0.599. The van der Waals surface area contributed by atoms with E-state index in [0.717, 1.165) is 37.7 Å². The van der Waals surface area contributed by atoms with Crippen LogP contribution in [-0.4, -0.2) is 67.0 Å². The molecule has 2 rings (SSSR count). The third kappa shape index (κ3) is 3.27. The fraction of sp³-hybridized carbons (Fsp3) is 0.727. The Balaban J connectivity index is 1.73. The Morgan fingerprint density at radius 3 is 2.50 bits per heavy atom. The number of imide groups is 2. The van der Waals surface area contributed by atoms with E-state index in [1.165, 1.54) is 0 Å². The highest BCUT2D eigenvalue weighted by molar-refractivity contribution is 6.14. The zero-order valence-electron chi connectivity index (χ0n) is 10.2. The summed E-state index contributed by atoms with van der Waals surface area (Å²) in [5, 5.41) is 2.14. The molecule has 0 saturated carbocycles. The first-order chi connectivity index (χ1) is 8.66. The van der Waals surface area contributed by atoms with Gasteiger partial charge in [-0.3, -0.25) is 24.7 Å². The molecule has 0 unspecified atom stereocenters. The first-order valence-electron chi connectivity index (χ1n) is 6.11. The number of amides is 4. The van der Waals surface area contributed by atoms with Crippen LogP contribution in [0.2, 0.25) is 0 Å². The number of rotatable bonds is 4. The van der Waals surface area contributed by atoms with Crippen LogP contribution in [0.3, 0.4) is 0 Å². The Labute approximate surface area is 105 Å². The molecule has 2 saturated heterocycles. The van der Waals surface area contributed by atoms with Gasteiger partial charge in [-0.25, -0.2) is 4.79 Å². The van der Waals surface area contributed by atoms with Gasteiger partial charge in [-0.15, -0.1) is 0 Å². The summed E-state index contributed by atoms with van der Waals surface area (Å²) in [5.41, 5.74) is 0. The van der Waals surface area contributed by atoms with Crippen LogP contribution in [-0.2, 0) is 14.3 Å². The molecule has 0 aromatic heterocycles. The summed E-state index contributed by atoms with van der Waals surface area (Å²) >= 11 is 0. The fourth-order valence-electron chi connectivity index (χ4n) is 2.08. The van der Waals surface area contributed by atoms with E-state index < -0.39 is 17.8 Å². The van der Waals surface area contributed by atoms with Crippen molar-refractivity contribution < 1.29 is 19.1 Å². The topological polar surface area (TPSA) is 79.0 Å². The molecule has 0 spiro atoms. The molecule has 2 fully saturated rings. The summed E-state index contributed by atoms with van der Waals surface area (Å²) < 4.78 is 5.23. The molecule has 2 aliphatic heterocycles. The van der Waals surface area contributed by atoms with Crippen LogP contribution >= 0.6 is 0 Å². The van der Waals surface area contributed by atoms with Crippen molar-refractivity contribution in [3.8, 4) is 0 Å². The van der Waals surface area contributed by atoms with E-state index >= 15 is 0 Å². The highest BCUT2D eigenvalue weighted by Crippen LogP contribution is 2.05. The third-order valence-corrected chi connectivity index (χ3v) is 3.06. The van der Waals surface area contributed by atoms with Crippen LogP contribution in [0.4, 0.5) is 4.79 Å². The molecule has 2 aliphatic rings. The number of hydrogen-bond acceptors (Lipinski definition) is 5. The minimum atomic E-state index is -0.599. The van der Waals surface area contributed by atoms with Crippen molar-refractivity contribution in [1.29, 1.82) is 0 Å². The van der Waals surface area contributed by atoms with Crippen LogP contribution in [0.5, 0.6) is 0 Å². The lowest BCUT2D eigenvalue weighted by atomic mass is 10.2. The van der Waals surface area contributed by atoms with E-state index in [9.17, 15) is 14.4 Å². The van der Waals surface area contributed by atoms with E-state index in [1.807, 2.05) is 0 Å². The molecular weight excluding hydrogens is 238 g/mol. The van der Waals surface area contributed by atoms with Crippen LogP contribution in [0.15, 0.2) is 0 Å². The summed E-state index contributed by atoms with van der Waals surface area (Å²) in [4.78, 5) is 37.2. The zero-order valence-corrected chi connectivity index (χ0v) is 10.2. The second-order valence-electron chi connectivity index (χ2n) is 4.38. The van der Waals surface area contributed by atoms with Crippen LogP contribution in [0.25, 0.3) is 0 Å². The molecule has 7 nitrogen and oxygen atoms in total. The summed E-state index contributed by atoms with van der Waals surface area (Å²) in [6.45, 7) is 4.43. The molecule has 0 aliphatic carbocycles. The van der Waals surface area contributed by atoms with Crippen LogP contribution < -0.4 is 5.32 Å². The van der Waals surface area contributed by atoms with Crippen molar-refractivity contribution in [3.05, 3.63) is 0 Å². The van der Waals surface area contributed by atoms with Crippen molar-refractivity contribution in [3.63, 3.8) is 0 Å². The van der Waals surface area contributed by atoms with E-state index in [4.69, 9.17) is 4.74 Å². The average Bonchev–Trinajstić information content (AvgIpc) is 2.34. The summed E-state index contributed by atoms with van der Waals surface area (Å²) in [6.07, 6.45) is 0.483. The van der Waals surface area contributed by atoms with Gasteiger partial charge in [0.05, 0.1) is 13.2 Å². The van der Waals surface area contributed by atoms with Gasteiger partial charge in [-0.2, -0.15) is 0 Å². The van der Waals surface area contributed by atoms with Gasteiger partial charge in [-0.1, -0.05) is 0 Å². The highest BCUT2D eigenvalue weighted by atomic mass is 16.5. The van der Waals surface area contributed by atoms with Gasteiger partial charge in [0.1, 0.15) is 6.42 Å². The van der Waals surface area contributed by atoms with Crippen LogP contribution in [0, 0.1) is 0 Å². The number of carbonyl (C=O) groups is 3. The maximum atomic E-state index is 11.5. The normalized spacial score (nSPS) is 22.2. The van der Waals surface area contributed by atoms with Gasteiger partial charge < -0.3 is 4.74 Å². The maximum Gasteiger partial charge on any atom is 0.330 e. The Hall–Kier alpha value is -1.47. The molecule has 4 amide bonds. The standard InChI is InChI=1S/C11H17N3O4/c15-9-8-10(16)14(11(17)12-9)3-1-2-13-4-6-18-7-5-13/h1-8H2,(H,12,15,17). The highest BCUT2D eigenvalue weighted by Gasteiger charge is 2.30. The zero-order chi connectivity index (χ0) is 13.0. The molecule has 0 atom stereocenters. The minimum Gasteiger partial charge on any atom is -0.379 e. The van der Waals surface area contributed by atoms with Gasteiger partial charge in [0.2, 0.25) is 11.8 Å². The lowest BCUT2D eigenvalue weighted by Gasteiger charge is -2.28. The van der Waals surface area contributed by atoms with E-state index in [0.29, 0.717) is 13.0 Å². The predicted molar refractivity (Wildman–Crippen MR) is 61.7 cm³/mol. The smallest absolute Gasteiger partial charge is 0.330 e. The van der Waals surface area contributed by atoms with Crippen LogP contribution in [0.1, 0.15) is 12.8 Å². The SMILES string of the molecule is O=C1CC(=O)N(CCCN2CCOCC2)C(=O)N1. The van der Waals surface area contributed by atoms with Gasteiger partial charge in [0.25, 0.3) is 0 Å². The number of hydrogen-bond donors (Lipinski definition) is 1. The number of barbiturate groups is 1. The first-order valence-corrected chi connectivity index (χ1v) is 6.11. The largest absolute Gasteiger partial charge is 0.379 e. The molecule has 0 aromatic rings. The Morgan fingerprint density at radius 1 is 1.11 bits per heavy atom. The molecule has 1 N–H and O–H groups in total. The quantitative estimate of drug-likeness (QED) is 0.664. The summed E-state index contributed by atoms with van der Waals surface area (Å²) in [7, 11) is 0. The summed E-state index contributed by atoms with van der Waals surface area (Å²) in [5.74, 6) is -0.930. The Morgan fingerprint density at radius 2 is 1.83 bits per heavy atom. The third-order valence-electron chi connectivity index (χ3n) is 3.06. The number of morpholine rings is 1. The van der Waals surface area contributed by atoms with Crippen molar-refractivity contribution in [2.24, 2.45) is 0 Å². The van der Waals surface area contributed by atoms with E-state index in [-0.39, 0.29) is 6.42 Å². The number of ether oxygens (including phenoxy) is 1. The van der Waals surface area contributed by atoms with Gasteiger partial charge in [-0.05, 0) is 6.42 Å². The van der Waals surface area contributed by atoms with Crippen molar-refractivity contribution in [1.82, 2.24) is 15.1 Å². The van der Waals surface area contributed by atoms with Gasteiger partial charge in [0, 0.05) is 26.2 Å². The minimum absolute atomic E-state index is 0.233. The van der Waals surface area contributed by atoms with Gasteiger partial charge >= 0.3 is 6.03 Å². The monoisotopic (exact) mass is 255 g/mol. The van der Waals surface area contributed by atoms with E-state index in [1.54, 1.807) is 0 Å². The van der Waals surface area contributed by atoms with E-state index in [2.05, 4.69) is 10.2 Å². The number of nitrogens with zero attached hydrogens (tertiary/aromatic N) is 2. The second kappa shape index (κ2) is 5.92. The molecule has 2 heterocycles. The molecule has 0 aromatic carbocycles. The molecule has 7 heteroatoms. The molecule has 0 bridgehead atoms. The number of carbonyl (C=O) groups excluding carboxylic acids is 3. The second-order valence-corrected chi connectivity index (χ2v) is 4.38. The molecular formula is C11H17N3O4.